The number of likely N-dealkylation sites (N-methyl/N-ethyl adjacent to an activating group) is 1. The fourth-order valence-corrected chi connectivity index (χ4v) is 1.61. The van der Waals surface area contributed by atoms with E-state index in [9.17, 15) is 4.79 Å². The molecule has 0 aliphatic carbocycles. The van der Waals surface area contributed by atoms with Crippen LogP contribution in [0, 0.1) is 0 Å². The highest BCUT2D eigenvalue weighted by atomic mass is 16.2. The number of rotatable bonds is 5. The monoisotopic (exact) mass is 235 g/mol. The molecule has 0 bridgehead atoms. The Hall–Kier alpha value is -1.42. The average molecular weight is 235 g/mol. The van der Waals surface area contributed by atoms with Gasteiger partial charge in [-0.05, 0) is 38.9 Å². The van der Waals surface area contributed by atoms with Gasteiger partial charge in [-0.15, -0.1) is 0 Å². The van der Waals surface area contributed by atoms with Gasteiger partial charge >= 0.3 is 0 Å². The number of amides is 1. The summed E-state index contributed by atoms with van der Waals surface area (Å²) in [5.41, 5.74) is 0.457. The van der Waals surface area contributed by atoms with Gasteiger partial charge in [-0.2, -0.15) is 0 Å². The molecule has 1 aromatic rings. The molecule has 0 aliphatic rings. The zero-order chi connectivity index (χ0) is 12.9. The first kappa shape index (κ1) is 13.6. The molecule has 0 unspecified atom stereocenters. The van der Waals surface area contributed by atoms with E-state index in [1.165, 1.54) is 0 Å². The lowest BCUT2D eigenvalue weighted by molar-refractivity contribution is -0.127. The van der Waals surface area contributed by atoms with Crippen LogP contribution in [0.5, 0.6) is 0 Å². The van der Waals surface area contributed by atoms with Gasteiger partial charge in [0.25, 0.3) is 0 Å². The normalized spacial score (nSPS) is 13.2. The lowest BCUT2D eigenvalue weighted by atomic mass is 10.0. The SMILES string of the molecule is CCNC(C)(C)C(=O)N[C@H](C)c1cccnc1. The number of carbonyl (C=O) groups excluding carboxylic acids is 1. The van der Waals surface area contributed by atoms with Crippen molar-refractivity contribution in [2.75, 3.05) is 6.54 Å². The Balaban J connectivity index is 2.63. The molecule has 0 aromatic carbocycles. The number of hydrogen-bond acceptors (Lipinski definition) is 3. The lowest BCUT2D eigenvalue weighted by Gasteiger charge is -2.26. The predicted molar refractivity (Wildman–Crippen MR) is 68.6 cm³/mol. The third-order valence-corrected chi connectivity index (χ3v) is 2.72. The van der Waals surface area contributed by atoms with Gasteiger partial charge in [-0.3, -0.25) is 9.78 Å². The number of nitrogens with zero attached hydrogens (tertiary/aromatic N) is 1. The van der Waals surface area contributed by atoms with Crippen molar-refractivity contribution in [2.24, 2.45) is 0 Å². The molecular formula is C13H21N3O. The van der Waals surface area contributed by atoms with E-state index in [0.717, 1.165) is 12.1 Å². The first-order valence-electron chi connectivity index (χ1n) is 5.93. The molecule has 0 saturated heterocycles. The molecule has 17 heavy (non-hydrogen) atoms. The summed E-state index contributed by atoms with van der Waals surface area (Å²) in [6.45, 7) is 8.46. The molecule has 0 saturated carbocycles. The molecule has 2 N–H and O–H groups in total. The molecule has 94 valence electrons. The van der Waals surface area contributed by atoms with Crippen LogP contribution in [0.1, 0.15) is 39.3 Å². The van der Waals surface area contributed by atoms with Crippen LogP contribution in [0.15, 0.2) is 24.5 Å². The Bertz CT molecular complexity index is 362. The molecular weight excluding hydrogens is 214 g/mol. The van der Waals surface area contributed by atoms with Crippen LogP contribution in [0.4, 0.5) is 0 Å². The highest BCUT2D eigenvalue weighted by Crippen LogP contribution is 2.12. The standard InChI is InChI=1S/C13H21N3O/c1-5-15-13(3,4)12(17)16-10(2)11-7-6-8-14-9-11/h6-10,15H,5H2,1-4H3,(H,16,17)/t10-/m1/s1. The highest BCUT2D eigenvalue weighted by molar-refractivity contribution is 5.85. The van der Waals surface area contributed by atoms with E-state index in [2.05, 4.69) is 15.6 Å². The van der Waals surface area contributed by atoms with Gasteiger partial charge in [0.1, 0.15) is 0 Å². The number of pyridine rings is 1. The summed E-state index contributed by atoms with van der Waals surface area (Å²) in [6.07, 6.45) is 3.49. The van der Waals surface area contributed by atoms with E-state index in [1.54, 1.807) is 12.4 Å². The highest BCUT2D eigenvalue weighted by Gasteiger charge is 2.27. The minimum Gasteiger partial charge on any atom is -0.348 e. The molecule has 1 atom stereocenters. The van der Waals surface area contributed by atoms with Crippen molar-refractivity contribution >= 4 is 5.91 Å². The fraction of sp³-hybridized carbons (Fsp3) is 0.538. The second-order valence-corrected chi connectivity index (χ2v) is 4.64. The van der Waals surface area contributed by atoms with Gasteiger partial charge in [0, 0.05) is 12.4 Å². The first-order chi connectivity index (χ1) is 7.97. The predicted octanol–water partition coefficient (Wildman–Crippen LogP) is 1.65. The second kappa shape index (κ2) is 5.77. The van der Waals surface area contributed by atoms with Crippen molar-refractivity contribution in [3.8, 4) is 0 Å². The number of carbonyl (C=O) groups is 1. The summed E-state index contributed by atoms with van der Waals surface area (Å²) in [5.74, 6) is -0.00398. The van der Waals surface area contributed by atoms with E-state index in [1.807, 2.05) is 39.8 Å². The van der Waals surface area contributed by atoms with Crippen LogP contribution in [0.3, 0.4) is 0 Å². The quantitative estimate of drug-likeness (QED) is 0.816. The maximum atomic E-state index is 12.0. The summed E-state index contributed by atoms with van der Waals surface area (Å²) in [6, 6.07) is 3.79. The molecule has 1 amide bonds. The Morgan fingerprint density at radius 2 is 2.24 bits per heavy atom. The molecule has 0 radical (unpaired) electrons. The summed E-state index contributed by atoms with van der Waals surface area (Å²) in [5, 5.41) is 6.13. The summed E-state index contributed by atoms with van der Waals surface area (Å²) < 4.78 is 0. The molecule has 4 nitrogen and oxygen atoms in total. The molecule has 1 heterocycles. The van der Waals surface area contributed by atoms with E-state index < -0.39 is 5.54 Å². The topological polar surface area (TPSA) is 54.0 Å². The van der Waals surface area contributed by atoms with Crippen LogP contribution in [0.25, 0.3) is 0 Å². The van der Waals surface area contributed by atoms with E-state index in [0.29, 0.717) is 0 Å². The molecule has 4 heteroatoms. The second-order valence-electron chi connectivity index (χ2n) is 4.64. The maximum Gasteiger partial charge on any atom is 0.240 e. The van der Waals surface area contributed by atoms with Crippen LogP contribution in [-0.2, 0) is 4.79 Å². The van der Waals surface area contributed by atoms with Crippen LogP contribution >= 0.6 is 0 Å². The lowest BCUT2D eigenvalue weighted by Crippen LogP contribution is -2.52. The van der Waals surface area contributed by atoms with Crippen molar-refractivity contribution in [1.29, 1.82) is 0 Å². The molecule has 0 aliphatic heterocycles. The molecule has 1 aromatic heterocycles. The Morgan fingerprint density at radius 1 is 1.53 bits per heavy atom. The summed E-state index contributed by atoms with van der Waals surface area (Å²) >= 11 is 0. The summed E-state index contributed by atoms with van der Waals surface area (Å²) in [7, 11) is 0. The minimum atomic E-state index is -0.550. The van der Waals surface area contributed by atoms with Crippen molar-refractivity contribution in [3.63, 3.8) is 0 Å². The zero-order valence-electron chi connectivity index (χ0n) is 10.9. The Kier molecular flexibility index (Phi) is 4.63. The van der Waals surface area contributed by atoms with Crippen molar-refractivity contribution < 1.29 is 4.79 Å². The van der Waals surface area contributed by atoms with Gasteiger partial charge in [0.05, 0.1) is 11.6 Å². The third-order valence-electron chi connectivity index (χ3n) is 2.72. The average Bonchev–Trinajstić information content (AvgIpc) is 2.30. The van der Waals surface area contributed by atoms with E-state index in [4.69, 9.17) is 0 Å². The van der Waals surface area contributed by atoms with Crippen molar-refractivity contribution in [2.45, 2.75) is 39.3 Å². The third kappa shape index (κ3) is 3.82. The van der Waals surface area contributed by atoms with Crippen molar-refractivity contribution in [3.05, 3.63) is 30.1 Å². The molecule has 0 spiro atoms. The van der Waals surface area contributed by atoms with Gasteiger partial charge in [0.15, 0.2) is 0 Å². The van der Waals surface area contributed by atoms with Crippen LogP contribution in [-0.4, -0.2) is 23.0 Å². The Morgan fingerprint density at radius 3 is 2.76 bits per heavy atom. The van der Waals surface area contributed by atoms with Crippen LogP contribution in [0.2, 0.25) is 0 Å². The van der Waals surface area contributed by atoms with Gasteiger partial charge < -0.3 is 10.6 Å². The van der Waals surface area contributed by atoms with Crippen molar-refractivity contribution in [1.82, 2.24) is 15.6 Å². The van der Waals surface area contributed by atoms with E-state index in [-0.39, 0.29) is 11.9 Å². The Labute approximate surface area is 103 Å². The number of nitrogens with one attached hydrogen (secondary N) is 2. The van der Waals surface area contributed by atoms with E-state index >= 15 is 0 Å². The maximum absolute atomic E-state index is 12.0. The smallest absolute Gasteiger partial charge is 0.240 e. The number of hydrogen-bond donors (Lipinski definition) is 2. The van der Waals surface area contributed by atoms with Gasteiger partial charge in [-0.25, -0.2) is 0 Å². The molecule has 0 fully saturated rings. The minimum absolute atomic E-state index is 0.00398. The van der Waals surface area contributed by atoms with Crippen LogP contribution < -0.4 is 10.6 Å². The molecule has 1 rings (SSSR count). The van der Waals surface area contributed by atoms with Gasteiger partial charge in [0.2, 0.25) is 5.91 Å². The number of aromatic nitrogens is 1. The van der Waals surface area contributed by atoms with Gasteiger partial charge in [-0.1, -0.05) is 13.0 Å². The first-order valence-corrected chi connectivity index (χ1v) is 5.93. The zero-order valence-corrected chi connectivity index (χ0v) is 10.9. The summed E-state index contributed by atoms with van der Waals surface area (Å²) in [4.78, 5) is 16.1. The largest absolute Gasteiger partial charge is 0.348 e. The fourth-order valence-electron chi connectivity index (χ4n) is 1.61.